The molecule has 0 aromatic heterocycles. The van der Waals surface area contributed by atoms with Crippen molar-refractivity contribution in [1.82, 2.24) is 0 Å². The summed E-state index contributed by atoms with van der Waals surface area (Å²) in [5, 5.41) is 0. The van der Waals surface area contributed by atoms with Crippen molar-refractivity contribution >= 4 is 22.6 Å². The molecular weight excluding hydrogens is 230 g/mol. The number of rotatable bonds is 0. The Morgan fingerprint density at radius 3 is 2.56 bits per heavy atom. The zero-order valence-electron chi connectivity index (χ0n) is 5.66. The molecule has 0 amide bonds. The largest absolute Gasteiger partial charge is 0.243 e. The second-order valence-corrected chi connectivity index (χ2v) is 4.50. The Hall–Kier alpha value is 0.660. The van der Waals surface area contributed by atoms with Crippen molar-refractivity contribution in [2.75, 3.05) is 0 Å². The van der Waals surface area contributed by atoms with E-state index in [0.717, 1.165) is 19.3 Å². The van der Waals surface area contributed by atoms with Crippen LogP contribution in [-0.2, 0) is 0 Å². The fourth-order valence-electron chi connectivity index (χ4n) is 1.25. The molecule has 2 heteroatoms. The van der Waals surface area contributed by atoms with Gasteiger partial charge in [-0.15, -0.1) is 0 Å². The maximum Gasteiger partial charge on any atom is 0.120 e. The Labute approximate surface area is 69.4 Å². The molecule has 1 aliphatic rings. The van der Waals surface area contributed by atoms with E-state index in [1.165, 1.54) is 6.42 Å². The lowest BCUT2D eigenvalue weighted by Gasteiger charge is -2.30. The predicted molar refractivity (Wildman–Crippen MR) is 45.8 cm³/mol. The summed E-state index contributed by atoms with van der Waals surface area (Å²) in [5.41, 5.74) is -0.876. The molecule has 1 rings (SSSR count). The highest BCUT2D eigenvalue weighted by Crippen LogP contribution is 2.36. The van der Waals surface area contributed by atoms with Crippen LogP contribution in [0.1, 0.15) is 32.6 Å². The van der Waals surface area contributed by atoms with Crippen LogP contribution in [0.25, 0.3) is 0 Å². The van der Waals surface area contributed by atoms with Crippen molar-refractivity contribution in [3.8, 4) is 0 Å². The minimum absolute atomic E-state index is 0.254. The van der Waals surface area contributed by atoms with Gasteiger partial charge in [-0.2, -0.15) is 0 Å². The van der Waals surface area contributed by atoms with Crippen LogP contribution in [0.2, 0.25) is 0 Å². The van der Waals surface area contributed by atoms with E-state index in [1.54, 1.807) is 6.92 Å². The van der Waals surface area contributed by atoms with Crippen LogP contribution >= 0.6 is 22.6 Å². The van der Waals surface area contributed by atoms with Crippen LogP contribution in [0.4, 0.5) is 4.39 Å². The lowest BCUT2D eigenvalue weighted by molar-refractivity contribution is 0.145. The molecule has 0 spiro atoms. The number of hydrogen-bond acceptors (Lipinski definition) is 0. The van der Waals surface area contributed by atoms with Gasteiger partial charge in [0.25, 0.3) is 0 Å². The Morgan fingerprint density at radius 2 is 2.22 bits per heavy atom. The standard InChI is InChI=1S/C7H12FI/c1-7(8)5-3-2-4-6(7)9/h6H,2-5H2,1H3/t6-,7-/m0/s1. The average molecular weight is 242 g/mol. The van der Waals surface area contributed by atoms with Crippen molar-refractivity contribution in [1.29, 1.82) is 0 Å². The molecule has 0 saturated heterocycles. The van der Waals surface area contributed by atoms with Crippen LogP contribution in [0, 0.1) is 0 Å². The second-order valence-electron chi connectivity index (χ2n) is 2.99. The third kappa shape index (κ3) is 1.79. The zero-order valence-corrected chi connectivity index (χ0v) is 7.82. The lowest BCUT2D eigenvalue weighted by Crippen LogP contribution is -2.33. The normalized spacial score (nSPS) is 45.0. The van der Waals surface area contributed by atoms with Crippen molar-refractivity contribution in [3.63, 3.8) is 0 Å². The van der Waals surface area contributed by atoms with E-state index in [4.69, 9.17) is 0 Å². The first kappa shape index (κ1) is 7.76. The number of alkyl halides is 2. The number of halogens is 2. The van der Waals surface area contributed by atoms with Crippen LogP contribution in [0.15, 0.2) is 0 Å². The fourth-order valence-corrected chi connectivity index (χ4v) is 2.00. The van der Waals surface area contributed by atoms with E-state index >= 15 is 0 Å². The van der Waals surface area contributed by atoms with Gasteiger partial charge >= 0.3 is 0 Å². The molecular formula is C7H12FI. The summed E-state index contributed by atoms with van der Waals surface area (Å²) in [7, 11) is 0. The fraction of sp³-hybridized carbons (Fsp3) is 1.00. The molecule has 1 fully saturated rings. The van der Waals surface area contributed by atoms with Gasteiger partial charge in [0.05, 0.1) is 0 Å². The molecule has 0 aromatic carbocycles. The van der Waals surface area contributed by atoms with E-state index in [1.807, 2.05) is 0 Å². The van der Waals surface area contributed by atoms with E-state index in [9.17, 15) is 4.39 Å². The molecule has 0 unspecified atom stereocenters. The van der Waals surface area contributed by atoms with Crippen LogP contribution in [0.5, 0.6) is 0 Å². The van der Waals surface area contributed by atoms with Crippen molar-refractivity contribution in [3.05, 3.63) is 0 Å². The molecule has 0 nitrogen and oxygen atoms in total. The molecule has 2 atom stereocenters. The molecule has 0 radical (unpaired) electrons. The van der Waals surface area contributed by atoms with Crippen LogP contribution < -0.4 is 0 Å². The number of hydrogen-bond donors (Lipinski definition) is 0. The average Bonchev–Trinajstić information content (AvgIpc) is 1.77. The first-order valence-electron chi connectivity index (χ1n) is 3.46. The summed E-state index contributed by atoms with van der Waals surface area (Å²) < 4.78 is 13.5. The molecule has 0 aliphatic heterocycles. The van der Waals surface area contributed by atoms with Gasteiger partial charge in [0.2, 0.25) is 0 Å². The third-order valence-corrected chi connectivity index (χ3v) is 3.95. The van der Waals surface area contributed by atoms with Gasteiger partial charge in [0.15, 0.2) is 0 Å². The summed E-state index contributed by atoms with van der Waals surface area (Å²) in [6, 6.07) is 0. The summed E-state index contributed by atoms with van der Waals surface area (Å²) in [6.07, 6.45) is 4.12. The maximum atomic E-state index is 13.3. The van der Waals surface area contributed by atoms with Gasteiger partial charge in [-0.1, -0.05) is 35.4 Å². The summed E-state index contributed by atoms with van der Waals surface area (Å²) in [6.45, 7) is 1.73. The Morgan fingerprint density at radius 1 is 1.56 bits per heavy atom. The lowest BCUT2D eigenvalue weighted by atomic mass is 9.88. The maximum absolute atomic E-state index is 13.3. The summed E-state index contributed by atoms with van der Waals surface area (Å²) >= 11 is 2.22. The Balaban J connectivity index is 2.49. The van der Waals surface area contributed by atoms with Crippen LogP contribution in [-0.4, -0.2) is 9.59 Å². The van der Waals surface area contributed by atoms with Crippen molar-refractivity contribution in [2.24, 2.45) is 0 Å². The van der Waals surface area contributed by atoms with Gasteiger partial charge < -0.3 is 0 Å². The molecule has 1 aliphatic carbocycles. The predicted octanol–water partition coefficient (Wildman–Crippen LogP) is 3.09. The smallest absolute Gasteiger partial charge is 0.120 e. The highest BCUT2D eigenvalue weighted by molar-refractivity contribution is 14.1. The van der Waals surface area contributed by atoms with E-state index in [-0.39, 0.29) is 3.92 Å². The second kappa shape index (κ2) is 2.72. The SMILES string of the molecule is C[C@]1(F)CCCC[C@@H]1I. The summed E-state index contributed by atoms with van der Waals surface area (Å²) in [4.78, 5) is 0. The minimum atomic E-state index is -0.876. The first-order valence-corrected chi connectivity index (χ1v) is 4.70. The van der Waals surface area contributed by atoms with Gasteiger partial charge in [-0.05, 0) is 19.8 Å². The van der Waals surface area contributed by atoms with Gasteiger partial charge in [0, 0.05) is 3.92 Å². The topological polar surface area (TPSA) is 0 Å². The van der Waals surface area contributed by atoms with Crippen LogP contribution in [0.3, 0.4) is 0 Å². The molecule has 0 N–H and O–H groups in total. The first-order chi connectivity index (χ1) is 4.13. The van der Waals surface area contributed by atoms with Gasteiger partial charge in [-0.25, -0.2) is 4.39 Å². The Kier molecular flexibility index (Phi) is 2.35. The summed E-state index contributed by atoms with van der Waals surface area (Å²) in [5.74, 6) is 0. The third-order valence-electron chi connectivity index (χ3n) is 2.03. The van der Waals surface area contributed by atoms with Gasteiger partial charge in [0.1, 0.15) is 5.67 Å². The molecule has 9 heavy (non-hydrogen) atoms. The minimum Gasteiger partial charge on any atom is -0.243 e. The molecule has 0 bridgehead atoms. The molecule has 0 aromatic rings. The molecule has 1 saturated carbocycles. The monoisotopic (exact) mass is 242 g/mol. The quantitative estimate of drug-likeness (QED) is 0.452. The molecule has 54 valence electrons. The Bertz CT molecular complexity index is 101. The highest BCUT2D eigenvalue weighted by Gasteiger charge is 2.34. The van der Waals surface area contributed by atoms with E-state index < -0.39 is 5.67 Å². The highest BCUT2D eigenvalue weighted by atomic mass is 127. The van der Waals surface area contributed by atoms with E-state index in [0.29, 0.717) is 0 Å². The molecule has 0 heterocycles. The van der Waals surface area contributed by atoms with Crippen molar-refractivity contribution in [2.45, 2.75) is 42.2 Å². The zero-order chi connectivity index (χ0) is 6.91. The van der Waals surface area contributed by atoms with Crippen molar-refractivity contribution < 1.29 is 4.39 Å². The van der Waals surface area contributed by atoms with Gasteiger partial charge in [-0.3, -0.25) is 0 Å². The van der Waals surface area contributed by atoms with E-state index in [2.05, 4.69) is 22.6 Å².